The van der Waals surface area contributed by atoms with Crippen LogP contribution in [0.2, 0.25) is 0 Å². The highest BCUT2D eigenvalue weighted by Gasteiger charge is 2.25. The summed E-state index contributed by atoms with van der Waals surface area (Å²) in [6.45, 7) is 1.13. The third kappa shape index (κ3) is 9.32. The maximum Gasteiger partial charge on any atom is 0.353 e. The lowest BCUT2D eigenvalue weighted by Crippen LogP contribution is -2.28. The van der Waals surface area contributed by atoms with E-state index >= 15 is 0 Å². The Balaban J connectivity index is 4.10. The van der Waals surface area contributed by atoms with Crippen molar-refractivity contribution in [1.82, 2.24) is 0 Å². The van der Waals surface area contributed by atoms with Gasteiger partial charge in [0, 0.05) is 20.3 Å². The summed E-state index contributed by atoms with van der Waals surface area (Å²) in [5.74, 6) is -1.76. The highest BCUT2D eigenvalue weighted by atomic mass is 19.3. The van der Waals surface area contributed by atoms with E-state index in [2.05, 4.69) is 9.47 Å². The Morgan fingerprint density at radius 1 is 1.44 bits per heavy atom. The van der Waals surface area contributed by atoms with Crippen LogP contribution in [0, 0.1) is 0 Å². The maximum atomic E-state index is 12.3. The molecular weight excluding hydrogens is 226 g/mol. The number of esters is 1. The number of hydrogen-bond acceptors (Lipinski definition) is 4. The zero-order valence-corrected chi connectivity index (χ0v) is 9.03. The molecule has 7 heteroatoms. The second-order valence-corrected chi connectivity index (χ2v) is 3.28. The number of aliphatic carboxylic acids is 1. The van der Waals surface area contributed by atoms with Crippen molar-refractivity contribution in [3.05, 3.63) is 0 Å². The van der Waals surface area contributed by atoms with Crippen molar-refractivity contribution in [3.63, 3.8) is 0 Å². The van der Waals surface area contributed by atoms with Gasteiger partial charge in [-0.3, -0.25) is 9.59 Å². The fourth-order valence-corrected chi connectivity index (χ4v) is 0.935. The van der Waals surface area contributed by atoms with Crippen LogP contribution >= 0.6 is 0 Å². The summed E-state index contributed by atoms with van der Waals surface area (Å²) in [5.41, 5.74) is 0. The van der Waals surface area contributed by atoms with Gasteiger partial charge in [-0.25, -0.2) is 0 Å². The lowest BCUT2D eigenvalue weighted by molar-refractivity contribution is -0.237. The van der Waals surface area contributed by atoms with Gasteiger partial charge in [0.15, 0.2) is 0 Å². The largest absolute Gasteiger partial charge is 0.481 e. The molecule has 0 aliphatic carbocycles. The predicted octanol–water partition coefficient (Wildman–Crippen LogP) is 1.41. The molecule has 0 aromatic rings. The number of carboxylic acids is 1. The molecule has 0 fully saturated rings. The molecule has 0 radical (unpaired) electrons. The smallest absolute Gasteiger partial charge is 0.353 e. The minimum atomic E-state index is -3.33. The molecule has 0 aliphatic rings. The third-order valence-electron chi connectivity index (χ3n) is 1.54. The van der Waals surface area contributed by atoms with Crippen molar-refractivity contribution in [2.24, 2.45) is 0 Å². The number of hydrogen-bond donors (Lipinski definition) is 1. The summed E-state index contributed by atoms with van der Waals surface area (Å²) >= 11 is 0. The summed E-state index contributed by atoms with van der Waals surface area (Å²) in [6.07, 6.45) is -4.65. The average molecular weight is 240 g/mol. The van der Waals surface area contributed by atoms with E-state index in [-0.39, 0.29) is 12.8 Å². The van der Waals surface area contributed by atoms with Crippen LogP contribution < -0.4 is 0 Å². The van der Waals surface area contributed by atoms with Gasteiger partial charge in [0.25, 0.3) is 0 Å². The van der Waals surface area contributed by atoms with E-state index in [1.165, 1.54) is 0 Å². The molecule has 5 nitrogen and oxygen atoms in total. The maximum absolute atomic E-state index is 12.3. The average Bonchev–Trinajstić information content (AvgIpc) is 2.07. The molecule has 0 amide bonds. The normalized spacial score (nSPS) is 13.2. The molecule has 0 aromatic heterocycles. The van der Waals surface area contributed by atoms with E-state index in [1.807, 2.05) is 0 Å². The molecule has 94 valence electrons. The van der Waals surface area contributed by atoms with Gasteiger partial charge in [-0.2, -0.15) is 8.78 Å². The summed E-state index contributed by atoms with van der Waals surface area (Å²) in [7, 11) is 0. The van der Waals surface area contributed by atoms with E-state index in [0.29, 0.717) is 6.92 Å². The molecule has 0 rings (SSSR count). The van der Waals surface area contributed by atoms with Crippen LogP contribution in [0.4, 0.5) is 8.78 Å². The van der Waals surface area contributed by atoms with Crippen molar-refractivity contribution >= 4 is 11.9 Å². The molecule has 16 heavy (non-hydrogen) atoms. The van der Waals surface area contributed by atoms with Gasteiger partial charge in [0.05, 0.1) is 6.61 Å². The van der Waals surface area contributed by atoms with Gasteiger partial charge in [-0.05, 0) is 6.42 Å². The number of ether oxygens (including phenoxy) is 2. The van der Waals surface area contributed by atoms with Gasteiger partial charge < -0.3 is 14.6 Å². The minimum Gasteiger partial charge on any atom is -0.481 e. The Morgan fingerprint density at radius 2 is 2.00 bits per heavy atom. The first kappa shape index (κ1) is 14.8. The fourth-order valence-electron chi connectivity index (χ4n) is 0.935. The van der Waals surface area contributed by atoms with Crippen LogP contribution in [0.3, 0.4) is 0 Å². The standard InChI is InChI=1S/C9H14F2O5/c1-6(12)16-7(3-4-8(13)14)5-15-9(2,10)11/h7H,3-5H2,1-2H3,(H,13,14). The van der Waals surface area contributed by atoms with Crippen molar-refractivity contribution in [2.45, 2.75) is 38.9 Å². The number of carbonyl (C=O) groups excluding carboxylic acids is 1. The first-order chi connectivity index (χ1) is 7.20. The number of rotatable bonds is 7. The molecule has 1 atom stereocenters. The summed E-state index contributed by atoms with van der Waals surface area (Å²) < 4.78 is 33.4. The molecule has 1 unspecified atom stereocenters. The predicted molar refractivity (Wildman–Crippen MR) is 49.0 cm³/mol. The summed E-state index contributed by atoms with van der Waals surface area (Å²) in [4.78, 5) is 20.9. The molecule has 0 heterocycles. The number of alkyl halides is 2. The lowest BCUT2D eigenvalue weighted by Gasteiger charge is -2.18. The van der Waals surface area contributed by atoms with E-state index < -0.39 is 30.8 Å². The van der Waals surface area contributed by atoms with Gasteiger partial charge in [-0.1, -0.05) is 0 Å². The summed E-state index contributed by atoms with van der Waals surface area (Å²) in [6, 6.07) is 0. The van der Waals surface area contributed by atoms with Gasteiger partial charge >= 0.3 is 18.0 Å². The molecular formula is C9H14F2O5. The Kier molecular flexibility index (Phi) is 5.87. The van der Waals surface area contributed by atoms with Crippen LogP contribution in [0.5, 0.6) is 0 Å². The van der Waals surface area contributed by atoms with E-state index in [1.54, 1.807) is 0 Å². The lowest BCUT2D eigenvalue weighted by atomic mass is 10.2. The van der Waals surface area contributed by atoms with Crippen LogP contribution in [0.15, 0.2) is 0 Å². The van der Waals surface area contributed by atoms with Gasteiger partial charge in [-0.15, -0.1) is 0 Å². The monoisotopic (exact) mass is 240 g/mol. The third-order valence-corrected chi connectivity index (χ3v) is 1.54. The van der Waals surface area contributed by atoms with Crippen LogP contribution in [-0.4, -0.2) is 35.9 Å². The Hall–Kier alpha value is -1.24. The molecule has 1 N–H and O–H groups in total. The molecule has 0 aromatic carbocycles. The second-order valence-electron chi connectivity index (χ2n) is 3.28. The van der Waals surface area contributed by atoms with Gasteiger partial charge in [0.2, 0.25) is 0 Å². The number of carbonyl (C=O) groups is 2. The zero-order valence-electron chi connectivity index (χ0n) is 9.03. The number of halogens is 2. The molecule has 0 bridgehead atoms. The first-order valence-electron chi connectivity index (χ1n) is 4.61. The molecule has 0 saturated heterocycles. The van der Waals surface area contributed by atoms with Crippen LogP contribution in [0.25, 0.3) is 0 Å². The van der Waals surface area contributed by atoms with Crippen molar-refractivity contribution in [3.8, 4) is 0 Å². The van der Waals surface area contributed by atoms with Gasteiger partial charge in [0.1, 0.15) is 6.10 Å². The van der Waals surface area contributed by atoms with E-state index in [0.717, 1.165) is 6.92 Å². The quantitative estimate of drug-likeness (QED) is 0.681. The Labute approximate surface area is 91.3 Å². The van der Waals surface area contributed by atoms with Crippen molar-refractivity contribution < 1.29 is 33.0 Å². The topological polar surface area (TPSA) is 72.8 Å². The highest BCUT2D eigenvalue weighted by molar-refractivity contribution is 5.67. The minimum absolute atomic E-state index is 0.0645. The SMILES string of the molecule is CC(=O)OC(CCC(=O)O)COC(C)(F)F. The Morgan fingerprint density at radius 3 is 2.38 bits per heavy atom. The second kappa shape index (κ2) is 6.37. The van der Waals surface area contributed by atoms with Crippen LogP contribution in [0.1, 0.15) is 26.7 Å². The Bertz CT molecular complexity index is 249. The van der Waals surface area contributed by atoms with Crippen molar-refractivity contribution in [2.75, 3.05) is 6.61 Å². The summed E-state index contributed by atoms with van der Waals surface area (Å²) in [5, 5.41) is 8.40. The highest BCUT2D eigenvalue weighted by Crippen LogP contribution is 2.15. The van der Waals surface area contributed by atoms with Crippen molar-refractivity contribution in [1.29, 1.82) is 0 Å². The van der Waals surface area contributed by atoms with E-state index in [4.69, 9.17) is 5.11 Å². The van der Waals surface area contributed by atoms with E-state index in [9.17, 15) is 18.4 Å². The first-order valence-corrected chi connectivity index (χ1v) is 4.61. The van der Waals surface area contributed by atoms with Crippen LogP contribution in [-0.2, 0) is 19.1 Å². The molecule has 0 saturated carbocycles. The zero-order chi connectivity index (χ0) is 12.8. The fraction of sp³-hybridized carbons (Fsp3) is 0.778. The number of carboxylic acid groups (broad SMARTS) is 1. The molecule has 0 spiro atoms. The molecule has 0 aliphatic heterocycles.